The Balaban J connectivity index is 2.78. The van der Waals surface area contributed by atoms with E-state index in [-0.39, 0.29) is 11.2 Å². The fourth-order valence-corrected chi connectivity index (χ4v) is 1.63. The van der Waals surface area contributed by atoms with Crippen LogP contribution in [0.4, 0.5) is 0 Å². The molecule has 0 bridgehead atoms. The molecule has 12 heavy (non-hydrogen) atoms. The maximum Gasteiger partial charge on any atom is 0.0784 e. The Bertz CT molecular complexity index is 157. The molecule has 0 amide bonds. The zero-order valence-corrected chi connectivity index (χ0v) is 9.06. The van der Waals surface area contributed by atoms with Crippen LogP contribution < -0.4 is 5.32 Å². The van der Waals surface area contributed by atoms with Gasteiger partial charge in [-0.25, -0.2) is 0 Å². The molecule has 1 N–H and O–H groups in total. The SMILES string of the molecule is CC1NC(C)C(C)(C)OC1(C)C. The van der Waals surface area contributed by atoms with Gasteiger partial charge < -0.3 is 10.1 Å². The summed E-state index contributed by atoms with van der Waals surface area (Å²) in [5, 5.41) is 3.53. The van der Waals surface area contributed by atoms with Gasteiger partial charge in [0.1, 0.15) is 0 Å². The van der Waals surface area contributed by atoms with E-state index in [9.17, 15) is 0 Å². The molecule has 0 aromatic rings. The van der Waals surface area contributed by atoms with Gasteiger partial charge in [-0.1, -0.05) is 0 Å². The summed E-state index contributed by atoms with van der Waals surface area (Å²) >= 11 is 0. The average molecular weight is 171 g/mol. The molecule has 0 saturated carbocycles. The van der Waals surface area contributed by atoms with E-state index in [0.717, 1.165) is 0 Å². The number of morpholine rings is 1. The molecule has 2 heteroatoms. The molecule has 0 aliphatic carbocycles. The van der Waals surface area contributed by atoms with Gasteiger partial charge in [-0.2, -0.15) is 0 Å². The minimum Gasteiger partial charge on any atom is -0.366 e. The first-order valence-electron chi connectivity index (χ1n) is 4.72. The molecule has 0 aromatic carbocycles. The van der Waals surface area contributed by atoms with Gasteiger partial charge in [-0.15, -0.1) is 0 Å². The van der Waals surface area contributed by atoms with E-state index in [1.54, 1.807) is 0 Å². The zero-order chi connectivity index (χ0) is 9.57. The van der Waals surface area contributed by atoms with Crippen LogP contribution in [0.25, 0.3) is 0 Å². The summed E-state index contributed by atoms with van der Waals surface area (Å²) in [5.41, 5.74) is -0.119. The Labute approximate surface area is 75.7 Å². The predicted molar refractivity (Wildman–Crippen MR) is 51.3 cm³/mol. The van der Waals surface area contributed by atoms with Crippen LogP contribution in [-0.4, -0.2) is 23.3 Å². The van der Waals surface area contributed by atoms with Gasteiger partial charge in [0, 0.05) is 12.1 Å². The summed E-state index contributed by atoms with van der Waals surface area (Å²) in [6, 6.07) is 0.834. The largest absolute Gasteiger partial charge is 0.366 e. The van der Waals surface area contributed by atoms with Crippen molar-refractivity contribution < 1.29 is 4.74 Å². The van der Waals surface area contributed by atoms with E-state index < -0.39 is 0 Å². The lowest BCUT2D eigenvalue weighted by molar-refractivity contribution is -0.181. The zero-order valence-electron chi connectivity index (χ0n) is 9.06. The maximum absolute atomic E-state index is 6.02. The lowest BCUT2D eigenvalue weighted by Crippen LogP contribution is -2.65. The van der Waals surface area contributed by atoms with Crippen LogP contribution in [0.2, 0.25) is 0 Å². The van der Waals surface area contributed by atoms with E-state index >= 15 is 0 Å². The van der Waals surface area contributed by atoms with E-state index in [1.165, 1.54) is 0 Å². The Kier molecular flexibility index (Phi) is 2.26. The summed E-state index contributed by atoms with van der Waals surface area (Å²) in [4.78, 5) is 0. The van der Waals surface area contributed by atoms with Crippen molar-refractivity contribution >= 4 is 0 Å². The summed E-state index contributed by atoms with van der Waals surface area (Å²) in [5.74, 6) is 0. The third-order valence-electron chi connectivity index (χ3n) is 3.11. The molecule has 72 valence electrons. The second-order valence-electron chi connectivity index (χ2n) is 4.92. The smallest absolute Gasteiger partial charge is 0.0784 e. The first-order chi connectivity index (χ1) is 5.26. The molecule has 0 aromatic heterocycles. The Morgan fingerprint density at radius 3 is 1.50 bits per heavy atom. The summed E-state index contributed by atoms with van der Waals surface area (Å²) in [7, 11) is 0. The van der Waals surface area contributed by atoms with Crippen molar-refractivity contribution in [1.82, 2.24) is 5.32 Å². The summed E-state index contributed by atoms with van der Waals surface area (Å²) in [6.45, 7) is 12.9. The van der Waals surface area contributed by atoms with Crippen LogP contribution in [0.15, 0.2) is 0 Å². The van der Waals surface area contributed by atoms with Gasteiger partial charge in [0.2, 0.25) is 0 Å². The summed E-state index contributed by atoms with van der Waals surface area (Å²) in [6.07, 6.45) is 0. The first kappa shape index (κ1) is 10.0. The molecular formula is C10H21NO. The van der Waals surface area contributed by atoms with Crippen LogP contribution in [0.3, 0.4) is 0 Å². The molecule has 2 unspecified atom stereocenters. The molecule has 1 aliphatic rings. The van der Waals surface area contributed by atoms with E-state index in [2.05, 4.69) is 46.9 Å². The molecule has 2 nitrogen and oxygen atoms in total. The molecule has 0 spiro atoms. The highest BCUT2D eigenvalue weighted by molar-refractivity contribution is 4.97. The lowest BCUT2D eigenvalue weighted by atomic mass is 9.89. The molecule has 1 fully saturated rings. The van der Waals surface area contributed by atoms with Gasteiger partial charge in [0.15, 0.2) is 0 Å². The van der Waals surface area contributed by atoms with Crippen molar-refractivity contribution in [3.63, 3.8) is 0 Å². The normalized spacial score (nSPS) is 39.5. The topological polar surface area (TPSA) is 21.3 Å². The minimum atomic E-state index is -0.0595. The van der Waals surface area contributed by atoms with Crippen molar-refractivity contribution in [2.24, 2.45) is 0 Å². The third kappa shape index (κ3) is 1.64. The highest BCUT2D eigenvalue weighted by Gasteiger charge is 2.42. The molecule has 1 rings (SSSR count). The van der Waals surface area contributed by atoms with E-state index in [4.69, 9.17) is 4.74 Å². The lowest BCUT2D eigenvalue weighted by Gasteiger charge is -2.50. The number of nitrogens with one attached hydrogen (secondary N) is 1. The fraction of sp³-hybridized carbons (Fsp3) is 1.00. The van der Waals surface area contributed by atoms with Crippen molar-refractivity contribution in [1.29, 1.82) is 0 Å². The predicted octanol–water partition coefficient (Wildman–Crippen LogP) is 1.94. The van der Waals surface area contributed by atoms with E-state index in [0.29, 0.717) is 12.1 Å². The number of hydrogen-bond donors (Lipinski definition) is 1. The van der Waals surface area contributed by atoms with Gasteiger partial charge >= 0.3 is 0 Å². The van der Waals surface area contributed by atoms with Crippen molar-refractivity contribution in [2.45, 2.75) is 64.8 Å². The third-order valence-corrected chi connectivity index (χ3v) is 3.11. The molecule has 1 aliphatic heterocycles. The molecule has 2 atom stereocenters. The molecule has 0 radical (unpaired) electrons. The second-order valence-corrected chi connectivity index (χ2v) is 4.92. The van der Waals surface area contributed by atoms with Gasteiger partial charge in [-0.05, 0) is 41.5 Å². The Morgan fingerprint density at radius 1 is 0.917 bits per heavy atom. The number of rotatable bonds is 0. The van der Waals surface area contributed by atoms with Gasteiger partial charge in [0.25, 0.3) is 0 Å². The van der Waals surface area contributed by atoms with Crippen molar-refractivity contribution in [3.8, 4) is 0 Å². The quantitative estimate of drug-likeness (QED) is 0.601. The maximum atomic E-state index is 6.02. The summed E-state index contributed by atoms with van der Waals surface area (Å²) < 4.78 is 6.02. The van der Waals surface area contributed by atoms with Crippen LogP contribution in [-0.2, 0) is 4.74 Å². The van der Waals surface area contributed by atoms with E-state index in [1.807, 2.05) is 0 Å². The highest BCUT2D eigenvalue weighted by Crippen LogP contribution is 2.30. The van der Waals surface area contributed by atoms with Crippen LogP contribution >= 0.6 is 0 Å². The highest BCUT2D eigenvalue weighted by atomic mass is 16.5. The van der Waals surface area contributed by atoms with Crippen LogP contribution in [0, 0.1) is 0 Å². The fourth-order valence-electron chi connectivity index (χ4n) is 1.63. The van der Waals surface area contributed by atoms with Crippen molar-refractivity contribution in [3.05, 3.63) is 0 Å². The minimum absolute atomic E-state index is 0.0595. The van der Waals surface area contributed by atoms with Gasteiger partial charge in [-0.3, -0.25) is 0 Å². The molecule has 1 heterocycles. The number of hydrogen-bond acceptors (Lipinski definition) is 2. The Morgan fingerprint density at radius 2 is 1.25 bits per heavy atom. The number of ether oxygens (including phenoxy) is 1. The van der Waals surface area contributed by atoms with Crippen LogP contribution in [0.5, 0.6) is 0 Å². The van der Waals surface area contributed by atoms with Gasteiger partial charge in [0.05, 0.1) is 11.2 Å². The monoisotopic (exact) mass is 171 g/mol. The first-order valence-corrected chi connectivity index (χ1v) is 4.72. The molecule has 1 saturated heterocycles. The average Bonchev–Trinajstić information content (AvgIpc) is 1.82. The van der Waals surface area contributed by atoms with Crippen LogP contribution in [0.1, 0.15) is 41.5 Å². The second kappa shape index (κ2) is 2.71. The van der Waals surface area contributed by atoms with Crippen molar-refractivity contribution in [2.75, 3.05) is 0 Å². The standard InChI is InChI=1S/C10H21NO/c1-7-9(3,4)12-10(5,6)8(2)11-7/h7-8,11H,1-6H3. The molecular weight excluding hydrogens is 150 g/mol. The Hall–Kier alpha value is -0.0800.